The summed E-state index contributed by atoms with van der Waals surface area (Å²) in [6, 6.07) is 13.6. The summed E-state index contributed by atoms with van der Waals surface area (Å²) in [6.45, 7) is 3.56. The summed E-state index contributed by atoms with van der Waals surface area (Å²) in [5.74, 6) is 0.195. The van der Waals surface area contributed by atoms with Gasteiger partial charge in [-0.1, -0.05) is 18.2 Å². The van der Waals surface area contributed by atoms with Gasteiger partial charge in [-0.25, -0.2) is 0 Å². The van der Waals surface area contributed by atoms with Gasteiger partial charge < -0.3 is 20.0 Å². The second-order valence-electron chi connectivity index (χ2n) is 8.86. The molecule has 9 heteroatoms. The molecule has 0 bridgehead atoms. The lowest BCUT2D eigenvalue weighted by atomic mass is 10.0. The van der Waals surface area contributed by atoms with E-state index in [1.807, 2.05) is 6.07 Å². The van der Waals surface area contributed by atoms with Crippen LogP contribution < -0.4 is 10.6 Å². The first-order valence-corrected chi connectivity index (χ1v) is 11.7. The fraction of sp³-hybridized carbons (Fsp3) is 0.259. The molecular formula is C27H24F3N3O3. The largest absolute Gasteiger partial charge is 0.457 e. The number of carbonyl (C=O) groups is 2. The minimum atomic E-state index is -4.50. The van der Waals surface area contributed by atoms with Gasteiger partial charge in [0, 0.05) is 35.5 Å². The number of halogens is 3. The number of rotatable bonds is 6. The van der Waals surface area contributed by atoms with E-state index < -0.39 is 17.6 Å². The first kappa shape index (κ1) is 23.9. The van der Waals surface area contributed by atoms with E-state index in [0.29, 0.717) is 34.8 Å². The molecule has 2 aromatic carbocycles. The second-order valence-corrected chi connectivity index (χ2v) is 8.86. The number of carbonyl (C=O) groups excluding carboxylic acids is 2. The summed E-state index contributed by atoms with van der Waals surface area (Å²) in [7, 11) is 0. The molecule has 0 saturated carbocycles. The number of nitrogens with one attached hydrogen (secondary N) is 2. The smallest absolute Gasteiger partial charge is 0.416 e. The molecule has 2 amide bonds. The predicted octanol–water partition coefficient (Wildman–Crippen LogP) is 5.28. The Bertz CT molecular complexity index is 1340. The Morgan fingerprint density at radius 1 is 1.08 bits per heavy atom. The number of nitrogens with zero attached hydrogens (tertiary/aromatic N) is 1. The van der Waals surface area contributed by atoms with E-state index in [1.165, 1.54) is 25.0 Å². The van der Waals surface area contributed by atoms with Crippen LogP contribution in [0.1, 0.15) is 40.1 Å². The Hall–Kier alpha value is -3.85. The standard InChI is InChI=1S/C27H24F3N3O3/c28-27(29,30)19-6-8-21-22(26(35)32-23(21)15-19)16-20-7-9-24(36-20)17-4-3-5-18(14-17)25(34)31-10-13-33-11-1-2-12-33/h3-9,14-16H,1-2,10-13H2,(H,31,34)(H,32,35)/b22-16+. The molecule has 2 aliphatic rings. The molecule has 186 valence electrons. The van der Waals surface area contributed by atoms with Crippen molar-refractivity contribution in [3.63, 3.8) is 0 Å². The average molecular weight is 496 g/mol. The molecule has 0 aliphatic carbocycles. The van der Waals surface area contributed by atoms with Crippen LogP contribution in [0.15, 0.2) is 59.0 Å². The van der Waals surface area contributed by atoms with Crippen molar-refractivity contribution in [1.29, 1.82) is 0 Å². The first-order chi connectivity index (χ1) is 17.3. The molecule has 3 aromatic rings. The number of benzene rings is 2. The van der Waals surface area contributed by atoms with Crippen molar-refractivity contribution in [2.75, 3.05) is 31.5 Å². The zero-order valence-electron chi connectivity index (χ0n) is 19.3. The van der Waals surface area contributed by atoms with Crippen molar-refractivity contribution in [3.8, 4) is 11.3 Å². The average Bonchev–Trinajstić information content (AvgIpc) is 3.60. The van der Waals surface area contributed by atoms with E-state index >= 15 is 0 Å². The molecule has 5 rings (SSSR count). The van der Waals surface area contributed by atoms with Crippen LogP contribution in [0.4, 0.5) is 18.9 Å². The highest BCUT2D eigenvalue weighted by molar-refractivity contribution is 6.34. The Labute approximate surface area is 205 Å². The van der Waals surface area contributed by atoms with Gasteiger partial charge in [-0.15, -0.1) is 0 Å². The zero-order chi connectivity index (χ0) is 25.3. The molecule has 1 saturated heterocycles. The molecule has 36 heavy (non-hydrogen) atoms. The third kappa shape index (κ3) is 5.06. The highest BCUT2D eigenvalue weighted by Gasteiger charge is 2.33. The summed E-state index contributed by atoms with van der Waals surface area (Å²) in [6.07, 6.45) is -0.601. The minimum absolute atomic E-state index is 0.108. The van der Waals surface area contributed by atoms with Crippen LogP contribution in [0.2, 0.25) is 0 Å². The number of furan rings is 1. The molecule has 6 nitrogen and oxygen atoms in total. The van der Waals surface area contributed by atoms with E-state index in [1.54, 1.807) is 30.3 Å². The lowest BCUT2D eigenvalue weighted by Crippen LogP contribution is -2.33. The zero-order valence-corrected chi connectivity index (χ0v) is 19.3. The second kappa shape index (κ2) is 9.66. The molecule has 1 fully saturated rings. The predicted molar refractivity (Wildman–Crippen MR) is 130 cm³/mol. The number of likely N-dealkylation sites (tertiary alicyclic amines) is 1. The summed E-state index contributed by atoms with van der Waals surface area (Å²) < 4.78 is 44.9. The topological polar surface area (TPSA) is 74.6 Å². The first-order valence-electron chi connectivity index (χ1n) is 11.7. The van der Waals surface area contributed by atoms with Gasteiger partial charge in [0.1, 0.15) is 11.5 Å². The number of amides is 2. The van der Waals surface area contributed by atoms with Crippen LogP contribution in [0.5, 0.6) is 0 Å². The molecule has 2 N–H and O–H groups in total. The lowest BCUT2D eigenvalue weighted by molar-refractivity contribution is -0.137. The van der Waals surface area contributed by atoms with Crippen LogP contribution in [0.3, 0.4) is 0 Å². The maximum absolute atomic E-state index is 13.0. The Kier molecular flexibility index (Phi) is 6.40. The van der Waals surface area contributed by atoms with Gasteiger partial charge in [-0.3, -0.25) is 9.59 Å². The van der Waals surface area contributed by atoms with Crippen molar-refractivity contribution in [3.05, 3.63) is 77.0 Å². The highest BCUT2D eigenvalue weighted by Crippen LogP contribution is 2.38. The van der Waals surface area contributed by atoms with Crippen LogP contribution in [0.25, 0.3) is 23.0 Å². The number of anilines is 1. The maximum atomic E-state index is 13.0. The van der Waals surface area contributed by atoms with Gasteiger partial charge in [0.2, 0.25) is 0 Å². The third-order valence-corrected chi connectivity index (χ3v) is 6.36. The van der Waals surface area contributed by atoms with Gasteiger partial charge in [0.05, 0.1) is 11.1 Å². The molecule has 0 spiro atoms. The number of hydrogen-bond donors (Lipinski definition) is 2. The Morgan fingerprint density at radius 2 is 1.89 bits per heavy atom. The van der Waals surface area contributed by atoms with Crippen molar-refractivity contribution in [1.82, 2.24) is 10.2 Å². The fourth-order valence-corrected chi connectivity index (χ4v) is 4.49. The number of alkyl halides is 3. The third-order valence-electron chi connectivity index (χ3n) is 6.36. The van der Waals surface area contributed by atoms with Crippen molar-refractivity contribution < 1.29 is 27.2 Å². The molecule has 0 unspecified atom stereocenters. The minimum Gasteiger partial charge on any atom is -0.457 e. The molecule has 2 aliphatic heterocycles. The van der Waals surface area contributed by atoms with Crippen LogP contribution >= 0.6 is 0 Å². The molecule has 0 atom stereocenters. The summed E-state index contributed by atoms with van der Waals surface area (Å²) in [5, 5.41) is 5.43. The Morgan fingerprint density at radius 3 is 2.67 bits per heavy atom. The van der Waals surface area contributed by atoms with Crippen LogP contribution in [-0.4, -0.2) is 42.9 Å². The Balaban J connectivity index is 1.30. The van der Waals surface area contributed by atoms with Crippen LogP contribution in [-0.2, 0) is 11.0 Å². The molecule has 3 heterocycles. The highest BCUT2D eigenvalue weighted by atomic mass is 19.4. The molecule has 1 aromatic heterocycles. The SMILES string of the molecule is O=C1Nc2cc(C(F)(F)F)ccc2/C1=C\c1ccc(-c2cccc(C(=O)NCCN3CCCC3)c2)o1. The normalized spacial score (nSPS) is 16.9. The summed E-state index contributed by atoms with van der Waals surface area (Å²) >= 11 is 0. The summed E-state index contributed by atoms with van der Waals surface area (Å²) in [4.78, 5) is 27.3. The molecular weight excluding hydrogens is 471 g/mol. The number of hydrogen-bond acceptors (Lipinski definition) is 4. The number of fused-ring (bicyclic) bond motifs is 1. The van der Waals surface area contributed by atoms with E-state index in [2.05, 4.69) is 15.5 Å². The van der Waals surface area contributed by atoms with Crippen molar-refractivity contribution in [2.45, 2.75) is 19.0 Å². The van der Waals surface area contributed by atoms with Gasteiger partial charge in [-0.2, -0.15) is 13.2 Å². The molecule has 0 radical (unpaired) electrons. The van der Waals surface area contributed by atoms with Gasteiger partial charge in [0.25, 0.3) is 11.8 Å². The van der Waals surface area contributed by atoms with Crippen molar-refractivity contribution >= 4 is 29.2 Å². The quantitative estimate of drug-likeness (QED) is 0.456. The van der Waals surface area contributed by atoms with E-state index in [0.717, 1.165) is 31.8 Å². The fourth-order valence-electron chi connectivity index (χ4n) is 4.49. The van der Waals surface area contributed by atoms with Gasteiger partial charge >= 0.3 is 6.18 Å². The lowest BCUT2D eigenvalue weighted by Gasteiger charge is -2.14. The van der Waals surface area contributed by atoms with E-state index in [9.17, 15) is 22.8 Å². The van der Waals surface area contributed by atoms with Crippen LogP contribution in [0, 0.1) is 0 Å². The maximum Gasteiger partial charge on any atom is 0.416 e. The van der Waals surface area contributed by atoms with E-state index in [-0.39, 0.29) is 17.2 Å². The van der Waals surface area contributed by atoms with Gasteiger partial charge in [0.15, 0.2) is 0 Å². The van der Waals surface area contributed by atoms with E-state index in [4.69, 9.17) is 4.42 Å². The monoisotopic (exact) mass is 495 g/mol. The van der Waals surface area contributed by atoms with Crippen molar-refractivity contribution in [2.24, 2.45) is 0 Å². The van der Waals surface area contributed by atoms with Gasteiger partial charge in [-0.05, 0) is 68.4 Å². The summed E-state index contributed by atoms with van der Waals surface area (Å²) in [5.41, 5.74) is 1.07.